The SMILES string of the molecule is Cc1cc(C#N)c(N)nc1C1CC1. The summed E-state index contributed by atoms with van der Waals surface area (Å²) in [6.07, 6.45) is 2.42. The van der Waals surface area contributed by atoms with E-state index < -0.39 is 0 Å². The van der Waals surface area contributed by atoms with Crippen molar-refractivity contribution < 1.29 is 0 Å². The van der Waals surface area contributed by atoms with E-state index in [1.165, 1.54) is 12.8 Å². The Morgan fingerprint density at radius 1 is 1.62 bits per heavy atom. The van der Waals surface area contributed by atoms with Crippen LogP contribution in [0.1, 0.15) is 35.6 Å². The Labute approximate surface area is 77.2 Å². The number of pyridine rings is 1. The normalized spacial score (nSPS) is 15.4. The molecule has 1 fully saturated rings. The molecular formula is C10H11N3. The molecule has 1 saturated carbocycles. The smallest absolute Gasteiger partial charge is 0.141 e. The minimum absolute atomic E-state index is 0.370. The molecule has 1 aromatic heterocycles. The number of hydrogen-bond donors (Lipinski definition) is 1. The molecule has 0 unspecified atom stereocenters. The number of nitrogens with zero attached hydrogens (tertiary/aromatic N) is 2. The first kappa shape index (κ1) is 8.06. The number of aryl methyl sites for hydroxylation is 1. The summed E-state index contributed by atoms with van der Waals surface area (Å²) in [5.74, 6) is 0.963. The van der Waals surface area contributed by atoms with E-state index in [0.29, 0.717) is 17.3 Å². The largest absolute Gasteiger partial charge is 0.383 e. The van der Waals surface area contributed by atoms with E-state index >= 15 is 0 Å². The molecule has 1 aliphatic rings. The summed E-state index contributed by atoms with van der Waals surface area (Å²) in [5.41, 5.74) is 8.29. The lowest BCUT2D eigenvalue weighted by molar-refractivity contribution is 0.998. The lowest BCUT2D eigenvalue weighted by atomic mass is 10.1. The van der Waals surface area contributed by atoms with Gasteiger partial charge in [-0.25, -0.2) is 4.98 Å². The van der Waals surface area contributed by atoms with Crippen LogP contribution in [0.3, 0.4) is 0 Å². The number of hydrogen-bond acceptors (Lipinski definition) is 3. The maximum atomic E-state index is 8.72. The molecule has 2 rings (SSSR count). The number of nitriles is 1. The summed E-state index contributed by atoms with van der Waals surface area (Å²) in [5, 5.41) is 8.72. The van der Waals surface area contributed by atoms with E-state index in [4.69, 9.17) is 11.0 Å². The van der Waals surface area contributed by atoms with Gasteiger partial charge in [-0.15, -0.1) is 0 Å². The lowest BCUT2D eigenvalue weighted by Crippen LogP contribution is -2.00. The summed E-state index contributed by atoms with van der Waals surface area (Å²) in [6.45, 7) is 1.99. The third-order valence-electron chi connectivity index (χ3n) is 2.37. The summed E-state index contributed by atoms with van der Waals surface area (Å²) < 4.78 is 0. The van der Waals surface area contributed by atoms with E-state index in [1.54, 1.807) is 0 Å². The van der Waals surface area contributed by atoms with E-state index in [0.717, 1.165) is 11.3 Å². The summed E-state index contributed by atoms with van der Waals surface area (Å²) in [4.78, 5) is 4.26. The van der Waals surface area contributed by atoms with Crippen molar-refractivity contribution in [1.82, 2.24) is 4.98 Å². The van der Waals surface area contributed by atoms with Crippen LogP contribution in [-0.4, -0.2) is 4.98 Å². The van der Waals surface area contributed by atoms with Crippen molar-refractivity contribution >= 4 is 5.82 Å². The number of aromatic nitrogens is 1. The molecule has 0 saturated heterocycles. The highest BCUT2D eigenvalue weighted by molar-refractivity contribution is 5.51. The van der Waals surface area contributed by atoms with Gasteiger partial charge in [-0.1, -0.05) is 0 Å². The lowest BCUT2D eigenvalue weighted by Gasteiger charge is -2.05. The fourth-order valence-electron chi connectivity index (χ4n) is 1.50. The Morgan fingerprint density at radius 3 is 2.85 bits per heavy atom. The molecule has 0 aliphatic heterocycles. The van der Waals surface area contributed by atoms with Gasteiger partial charge in [0.2, 0.25) is 0 Å². The molecule has 1 aliphatic carbocycles. The minimum Gasteiger partial charge on any atom is -0.383 e. The van der Waals surface area contributed by atoms with Gasteiger partial charge in [0.05, 0.1) is 5.56 Å². The van der Waals surface area contributed by atoms with Crippen molar-refractivity contribution in [3.05, 3.63) is 22.9 Å². The molecular weight excluding hydrogens is 162 g/mol. The van der Waals surface area contributed by atoms with Gasteiger partial charge in [0.25, 0.3) is 0 Å². The molecule has 0 atom stereocenters. The standard InChI is InChI=1S/C10H11N3/c1-6-4-8(5-11)10(12)13-9(6)7-2-3-7/h4,7H,2-3H2,1H3,(H2,12,13). The second kappa shape index (κ2) is 2.74. The molecule has 3 nitrogen and oxygen atoms in total. The zero-order chi connectivity index (χ0) is 9.42. The second-order valence-electron chi connectivity index (χ2n) is 3.51. The van der Waals surface area contributed by atoms with Gasteiger partial charge in [0.1, 0.15) is 11.9 Å². The molecule has 0 bridgehead atoms. The molecule has 0 amide bonds. The van der Waals surface area contributed by atoms with Crippen LogP contribution in [0.2, 0.25) is 0 Å². The molecule has 1 heterocycles. The Hall–Kier alpha value is -1.56. The monoisotopic (exact) mass is 173 g/mol. The molecule has 0 spiro atoms. The number of nitrogen functional groups attached to an aromatic ring is 1. The maximum Gasteiger partial charge on any atom is 0.141 e. The van der Waals surface area contributed by atoms with Gasteiger partial charge < -0.3 is 5.73 Å². The van der Waals surface area contributed by atoms with Crippen LogP contribution in [0.4, 0.5) is 5.82 Å². The van der Waals surface area contributed by atoms with Crippen LogP contribution in [0.5, 0.6) is 0 Å². The highest BCUT2D eigenvalue weighted by Crippen LogP contribution is 2.40. The second-order valence-corrected chi connectivity index (χ2v) is 3.51. The Bertz CT molecular complexity index is 386. The third kappa shape index (κ3) is 1.35. The Balaban J connectivity index is 2.50. The van der Waals surface area contributed by atoms with Gasteiger partial charge in [-0.2, -0.15) is 5.26 Å². The summed E-state index contributed by atoms with van der Waals surface area (Å²) in [6, 6.07) is 3.86. The highest BCUT2D eigenvalue weighted by Gasteiger charge is 2.27. The fraction of sp³-hybridized carbons (Fsp3) is 0.400. The van der Waals surface area contributed by atoms with Crippen molar-refractivity contribution in [3.8, 4) is 6.07 Å². The van der Waals surface area contributed by atoms with Crippen LogP contribution < -0.4 is 5.73 Å². The van der Waals surface area contributed by atoms with Crippen molar-refractivity contribution in [2.45, 2.75) is 25.7 Å². The number of rotatable bonds is 1. The number of anilines is 1. The van der Waals surface area contributed by atoms with Crippen LogP contribution in [-0.2, 0) is 0 Å². The van der Waals surface area contributed by atoms with Crippen molar-refractivity contribution in [1.29, 1.82) is 5.26 Å². The van der Waals surface area contributed by atoms with Crippen molar-refractivity contribution in [2.24, 2.45) is 0 Å². The van der Waals surface area contributed by atoms with Gasteiger partial charge in [0.15, 0.2) is 0 Å². The van der Waals surface area contributed by atoms with E-state index in [-0.39, 0.29) is 0 Å². The highest BCUT2D eigenvalue weighted by atomic mass is 14.9. The zero-order valence-corrected chi connectivity index (χ0v) is 7.54. The Kier molecular flexibility index (Phi) is 1.70. The van der Waals surface area contributed by atoms with Crippen LogP contribution in [0, 0.1) is 18.3 Å². The predicted octanol–water partition coefficient (Wildman–Crippen LogP) is 1.72. The van der Waals surface area contributed by atoms with Gasteiger partial charge >= 0.3 is 0 Å². The maximum absolute atomic E-state index is 8.72. The van der Waals surface area contributed by atoms with E-state index in [1.807, 2.05) is 19.1 Å². The molecule has 1 aromatic rings. The first-order valence-electron chi connectivity index (χ1n) is 4.39. The number of nitrogens with two attached hydrogens (primary N) is 1. The van der Waals surface area contributed by atoms with Crippen LogP contribution in [0.15, 0.2) is 6.07 Å². The van der Waals surface area contributed by atoms with Gasteiger partial charge in [-0.3, -0.25) is 0 Å². The average molecular weight is 173 g/mol. The molecule has 2 N–H and O–H groups in total. The molecule has 0 aromatic carbocycles. The van der Waals surface area contributed by atoms with Gasteiger partial charge in [0, 0.05) is 11.6 Å². The van der Waals surface area contributed by atoms with Crippen molar-refractivity contribution in [2.75, 3.05) is 5.73 Å². The van der Waals surface area contributed by atoms with E-state index in [2.05, 4.69) is 4.98 Å². The van der Waals surface area contributed by atoms with Crippen LogP contribution >= 0.6 is 0 Å². The molecule has 13 heavy (non-hydrogen) atoms. The topological polar surface area (TPSA) is 62.7 Å². The molecule has 0 radical (unpaired) electrons. The van der Waals surface area contributed by atoms with E-state index in [9.17, 15) is 0 Å². The average Bonchev–Trinajstić information content (AvgIpc) is 2.91. The quantitative estimate of drug-likeness (QED) is 0.703. The third-order valence-corrected chi connectivity index (χ3v) is 2.37. The first-order valence-corrected chi connectivity index (χ1v) is 4.39. The zero-order valence-electron chi connectivity index (χ0n) is 7.54. The molecule has 66 valence electrons. The van der Waals surface area contributed by atoms with Gasteiger partial charge in [-0.05, 0) is 31.4 Å². The predicted molar refractivity (Wildman–Crippen MR) is 50.1 cm³/mol. The summed E-state index contributed by atoms with van der Waals surface area (Å²) in [7, 11) is 0. The first-order chi connectivity index (χ1) is 6.22. The summed E-state index contributed by atoms with van der Waals surface area (Å²) >= 11 is 0. The van der Waals surface area contributed by atoms with Crippen LogP contribution in [0.25, 0.3) is 0 Å². The fourth-order valence-corrected chi connectivity index (χ4v) is 1.50. The minimum atomic E-state index is 0.370. The Morgan fingerprint density at radius 2 is 2.31 bits per heavy atom. The van der Waals surface area contributed by atoms with Crippen molar-refractivity contribution in [3.63, 3.8) is 0 Å². The molecule has 3 heteroatoms.